The van der Waals surface area contributed by atoms with Gasteiger partial charge in [-0.25, -0.2) is 4.99 Å². The molecule has 0 atom stereocenters. The van der Waals surface area contributed by atoms with Gasteiger partial charge in [-0.1, -0.05) is 11.6 Å². The zero-order valence-corrected chi connectivity index (χ0v) is 13.1. The van der Waals surface area contributed by atoms with Crippen molar-refractivity contribution in [2.24, 2.45) is 4.99 Å². The molecule has 0 aliphatic carbocycles. The summed E-state index contributed by atoms with van der Waals surface area (Å²) in [6, 6.07) is 7.53. The van der Waals surface area contributed by atoms with Crippen molar-refractivity contribution < 1.29 is 14.4 Å². The Bertz CT molecular complexity index is 849. The van der Waals surface area contributed by atoms with Gasteiger partial charge in [0.1, 0.15) is 16.5 Å². The molecule has 0 radical (unpaired) electrons. The standard InChI is InChI=1S/C15H12ClN3O4/c1-15(2)17-14(11-5-3-4-6-18(11)20)9-7-12(19(21)22)10(16)8-13(9)23-15/h3-8H,1-2H3. The minimum atomic E-state index is -0.926. The number of nitro benzene ring substituents is 1. The van der Waals surface area contributed by atoms with E-state index in [9.17, 15) is 15.3 Å². The van der Waals surface area contributed by atoms with Crippen LogP contribution in [-0.2, 0) is 0 Å². The highest BCUT2D eigenvalue weighted by atomic mass is 35.5. The molecule has 7 nitrogen and oxygen atoms in total. The molecule has 0 saturated carbocycles. The number of fused-ring (bicyclic) bond motifs is 1. The van der Waals surface area contributed by atoms with Gasteiger partial charge in [0.2, 0.25) is 5.69 Å². The number of nitro groups is 1. The maximum absolute atomic E-state index is 12.1. The summed E-state index contributed by atoms with van der Waals surface area (Å²) >= 11 is 5.95. The van der Waals surface area contributed by atoms with E-state index in [0.717, 1.165) is 0 Å². The van der Waals surface area contributed by atoms with Crippen molar-refractivity contribution in [1.82, 2.24) is 0 Å². The Labute approximate surface area is 136 Å². The van der Waals surface area contributed by atoms with E-state index in [4.69, 9.17) is 16.3 Å². The molecule has 0 unspecified atom stereocenters. The van der Waals surface area contributed by atoms with Crippen molar-refractivity contribution in [3.63, 3.8) is 0 Å². The van der Waals surface area contributed by atoms with E-state index in [-0.39, 0.29) is 16.4 Å². The topological polar surface area (TPSA) is 91.7 Å². The van der Waals surface area contributed by atoms with Crippen LogP contribution in [0.2, 0.25) is 5.02 Å². The van der Waals surface area contributed by atoms with E-state index in [1.165, 1.54) is 18.3 Å². The van der Waals surface area contributed by atoms with Gasteiger partial charge in [-0.05, 0) is 19.9 Å². The number of benzene rings is 1. The van der Waals surface area contributed by atoms with E-state index < -0.39 is 10.6 Å². The molecule has 0 saturated heterocycles. The largest absolute Gasteiger partial charge is 0.618 e. The van der Waals surface area contributed by atoms with Crippen LogP contribution in [0.1, 0.15) is 25.1 Å². The molecule has 1 aliphatic heterocycles. The Morgan fingerprint density at radius 1 is 1.35 bits per heavy atom. The lowest BCUT2D eigenvalue weighted by Gasteiger charge is -2.29. The van der Waals surface area contributed by atoms with Crippen LogP contribution in [0.5, 0.6) is 5.75 Å². The quantitative estimate of drug-likeness (QED) is 0.365. The minimum absolute atomic E-state index is 0.0335. The van der Waals surface area contributed by atoms with Crippen molar-refractivity contribution in [3.05, 3.63) is 68.1 Å². The van der Waals surface area contributed by atoms with Gasteiger partial charge >= 0.3 is 0 Å². The van der Waals surface area contributed by atoms with Crippen molar-refractivity contribution in [2.45, 2.75) is 19.6 Å². The molecule has 2 aromatic rings. The summed E-state index contributed by atoms with van der Waals surface area (Å²) in [5, 5.41) is 23.1. The summed E-state index contributed by atoms with van der Waals surface area (Å²) in [4.78, 5) is 15.0. The van der Waals surface area contributed by atoms with Crippen LogP contribution >= 0.6 is 11.6 Å². The average Bonchev–Trinajstić information content (AvgIpc) is 2.45. The van der Waals surface area contributed by atoms with Crippen molar-refractivity contribution in [2.75, 3.05) is 0 Å². The fourth-order valence-electron chi connectivity index (χ4n) is 2.38. The number of pyridine rings is 1. The molecular formula is C15H12ClN3O4. The Hall–Kier alpha value is -2.67. The van der Waals surface area contributed by atoms with Gasteiger partial charge < -0.3 is 9.94 Å². The number of aliphatic imine (C=N–C) groups is 1. The fourth-order valence-corrected chi connectivity index (χ4v) is 2.60. The predicted octanol–water partition coefficient (Wildman–Crippen LogP) is 2.85. The van der Waals surface area contributed by atoms with Crippen LogP contribution in [0.25, 0.3) is 0 Å². The Morgan fingerprint density at radius 2 is 2.09 bits per heavy atom. The maximum atomic E-state index is 12.1. The van der Waals surface area contributed by atoms with Gasteiger partial charge in [0.25, 0.3) is 5.69 Å². The molecule has 0 amide bonds. The number of hydrogen-bond donors (Lipinski definition) is 0. The second-order valence-electron chi connectivity index (χ2n) is 5.48. The van der Waals surface area contributed by atoms with Crippen molar-refractivity contribution in [1.29, 1.82) is 0 Å². The van der Waals surface area contributed by atoms with E-state index in [2.05, 4.69) is 4.99 Å². The first-order valence-electron chi connectivity index (χ1n) is 6.74. The van der Waals surface area contributed by atoms with Crippen LogP contribution in [-0.4, -0.2) is 16.4 Å². The molecule has 2 heterocycles. The third kappa shape index (κ3) is 2.70. The summed E-state index contributed by atoms with van der Waals surface area (Å²) in [7, 11) is 0. The van der Waals surface area contributed by atoms with E-state index >= 15 is 0 Å². The van der Waals surface area contributed by atoms with E-state index in [0.29, 0.717) is 21.8 Å². The summed E-state index contributed by atoms with van der Waals surface area (Å²) in [5.41, 5.74) is -0.232. The van der Waals surface area contributed by atoms with Crippen LogP contribution in [0, 0.1) is 15.3 Å². The van der Waals surface area contributed by atoms with Gasteiger partial charge in [0.05, 0.1) is 10.5 Å². The minimum Gasteiger partial charge on any atom is -0.618 e. The maximum Gasteiger partial charge on any atom is 0.288 e. The number of ether oxygens (including phenoxy) is 1. The van der Waals surface area contributed by atoms with Crippen LogP contribution in [0.3, 0.4) is 0 Å². The van der Waals surface area contributed by atoms with E-state index in [1.807, 2.05) is 0 Å². The lowest BCUT2D eigenvalue weighted by molar-refractivity contribution is -0.606. The Kier molecular flexibility index (Phi) is 3.45. The molecule has 0 N–H and O–H groups in total. The Balaban J connectivity index is 2.28. The zero-order chi connectivity index (χ0) is 16.8. The fraction of sp³-hybridized carbons (Fsp3) is 0.200. The van der Waals surface area contributed by atoms with E-state index in [1.54, 1.807) is 32.0 Å². The molecule has 0 spiro atoms. The average molecular weight is 334 g/mol. The monoisotopic (exact) mass is 333 g/mol. The molecule has 0 fully saturated rings. The molecular weight excluding hydrogens is 322 g/mol. The van der Waals surface area contributed by atoms with Crippen LogP contribution in [0.4, 0.5) is 5.69 Å². The lowest BCUT2D eigenvalue weighted by Crippen LogP contribution is -2.39. The number of halogens is 1. The predicted molar refractivity (Wildman–Crippen MR) is 83.9 cm³/mol. The normalized spacial score (nSPS) is 15.3. The van der Waals surface area contributed by atoms with Gasteiger partial charge in [-0.3, -0.25) is 10.1 Å². The number of rotatable bonds is 2. The highest BCUT2D eigenvalue weighted by Gasteiger charge is 2.34. The van der Waals surface area contributed by atoms with Crippen molar-refractivity contribution >= 4 is 23.0 Å². The summed E-state index contributed by atoms with van der Waals surface area (Å²) in [6.45, 7) is 3.45. The van der Waals surface area contributed by atoms with Crippen LogP contribution in [0.15, 0.2) is 41.5 Å². The molecule has 8 heteroatoms. The Morgan fingerprint density at radius 3 is 2.74 bits per heavy atom. The van der Waals surface area contributed by atoms with Gasteiger partial charge in [0, 0.05) is 24.3 Å². The van der Waals surface area contributed by atoms with Crippen LogP contribution < -0.4 is 9.47 Å². The number of hydrogen-bond acceptors (Lipinski definition) is 5. The highest BCUT2D eigenvalue weighted by Crippen LogP contribution is 2.38. The highest BCUT2D eigenvalue weighted by molar-refractivity contribution is 6.33. The first-order chi connectivity index (χ1) is 10.8. The van der Waals surface area contributed by atoms with Gasteiger partial charge in [0.15, 0.2) is 11.9 Å². The zero-order valence-electron chi connectivity index (χ0n) is 12.3. The first kappa shape index (κ1) is 15.2. The third-order valence-corrected chi connectivity index (χ3v) is 3.61. The SMILES string of the molecule is CC1(C)N=C(c2cccc[n+]2[O-])c2cc([N+](=O)[O-])c(Cl)cc2O1. The van der Waals surface area contributed by atoms with Crippen molar-refractivity contribution in [3.8, 4) is 5.75 Å². The smallest absolute Gasteiger partial charge is 0.288 e. The summed E-state index contributed by atoms with van der Waals surface area (Å²) in [5.74, 6) is 0.347. The van der Waals surface area contributed by atoms with Gasteiger partial charge in [-0.15, -0.1) is 0 Å². The third-order valence-electron chi connectivity index (χ3n) is 3.31. The lowest BCUT2D eigenvalue weighted by atomic mass is 10.0. The molecule has 23 heavy (non-hydrogen) atoms. The molecule has 3 rings (SSSR count). The second-order valence-corrected chi connectivity index (χ2v) is 5.88. The molecule has 0 bridgehead atoms. The molecule has 1 aliphatic rings. The van der Waals surface area contributed by atoms with Gasteiger partial charge in [-0.2, -0.15) is 4.73 Å². The molecule has 118 valence electrons. The second kappa shape index (κ2) is 5.20. The summed E-state index contributed by atoms with van der Waals surface area (Å²) < 4.78 is 6.38. The number of aromatic nitrogens is 1. The first-order valence-corrected chi connectivity index (χ1v) is 7.12. The summed E-state index contributed by atoms with van der Waals surface area (Å²) in [6.07, 6.45) is 1.34. The molecule has 1 aromatic carbocycles. The number of nitrogens with zero attached hydrogens (tertiary/aromatic N) is 3. The molecule has 1 aromatic heterocycles.